The fourth-order valence-electron chi connectivity index (χ4n) is 9.46. The fourth-order valence-corrected chi connectivity index (χ4v) is 9.46. The predicted octanol–water partition coefficient (Wildman–Crippen LogP) is 15.6. The quantitative estimate of drug-likeness (QED) is 0.157. The van der Waals surface area contributed by atoms with E-state index in [-0.39, 0.29) is 5.41 Å². The van der Waals surface area contributed by atoms with Gasteiger partial charge in [-0.3, -0.25) is 0 Å². The van der Waals surface area contributed by atoms with Crippen molar-refractivity contribution < 1.29 is 0 Å². The van der Waals surface area contributed by atoms with Gasteiger partial charge in [-0.25, -0.2) is 0 Å². The minimum atomic E-state index is -0.133. The highest BCUT2D eigenvalue weighted by molar-refractivity contribution is 6.09. The Labute approximate surface area is 345 Å². The maximum absolute atomic E-state index is 2.46. The second-order valence-corrected chi connectivity index (χ2v) is 16.2. The molecule has 1 aromatic heterocycles. The van der Waals surface area contributed by atoms with Crippen LogP contribution >= 0.6 is 0 Å². The van der Waals surface area contributed by atoms with E-state index >= 15 is 0 Å². The Bertz CT molecular complexity index is 3100. The Hall–Kier alpha value is -7.42. The fraction of sp³-hybridized carbons (Fsp3) is 0.0526. The Morgan fingerprint density at radius 2 is 0.864 bits per heavy atom. The van der Waals surface area contributed by atoms with E-state index in [2.05, 4.69) is 242 Å². The predicted molar refractivity (Wildman–Crippen MR) is 249 cm³/mol. The molecule has 0 bridgehead atoms. The molecule has 280 valence electrons. The number of para-hydroxylation sites is 2. The van der Waals surface area contributed by atoms with E-state index in [1.807, 2.05) is 0 Å². The van der Waals surface area contributed by atoms with E-state index < -0.39 is 0 Å². The van der Waals surface area contributed by atoms with Gasteiger partial charge in [0, 0.05) is 38.8 Å². The number of fused-ring (bicyclic) bond motifs is 6. The van der Waals surface area contributed by atoms with Gasteiger partial charge >= 0.3 is 0 Å². The highest BCUT2D eigenvalue weighted by atomic mass is 15.1. The van der Waals surface area contributed by atoms with Crippen molar-refractivity contribution in [1.29, 1.82) is 0 Å². The molecule has 10 aromatic rings. The number of hydrogen-bond donors (Lipinski definition) is 0. The Morgan fingerprint density at radius 1 is 0.356 bits per heavy atom. The summed E-state index contributed by atoms with van der Waals surface area (Å²) in [5.74, 6) is 0. The zero-order valence-electron chi connectivity index (χ0n) is 33.2. The zero-order chi connectivity index (χ0) is 39.5. The molecule has 1 aliphatic rings. The molecule has 0 radical (unpaired) electrons. The summed E-state index contributed by atoms with van der Waals surface area (Å²) in [6.45, 7) is 4.72. The lowest BCUT2D eigenvalue weighted by Gasteiger charge is -2.30. The van der Waals surface area contributed by atoms with E-state index in [0.29, 0.717) is 0 Å². The highest BCUT2D eigenvalue weighted by Gasteiger charge is 2.36. The molecule has 11 rings (SSSR count). The largest absolute Gasteiger partial charge is 0.310 e. The lowest BCUT2D eigenvalue weighted by molar-refractivity contribution is 0.660. The number of aromatic nitrogens is 1. The monoisotopic (exact) mass is 754 g/mol. The van der Waals surface area contributed by atoms with E-state index in [1.165, 1.54) is 77.4 Å². The van der Waals surface area contributed by atoms with Crippen LogP contribution in [0.3, 0.4) is 0 Å². The third-order valence-electron chi connectivity index (χ3n) is 12.4. The zero-order valence-corrected chi connectivity index (χ0v) is 33.2. The van der Waals surface area contributed by atoms with E-state index in [1.54, 1.807) is 0 Å². The number of hydrogen-bond acceptors (Lipinski definition) is 1. The first-order chi connectivity index (χ1) is 29.0. The molecule has 9 aromatic carbocycles. The average molecular weight is 755 g/mol. The van der Waals surface area contributed by atoms with Crippen LogP contribution in [0.5, 0.6) is 0 Å². The average Bonchev–Trinajstić information content (AvgIpc) is 3.76. The van der Waals surface area contributed by atoms with Crippen molar-refractivity contribution in [2.75, 3.05) is 4.90 Å². The van der Waals surface area contributed by atoms with Crippen LogP contribution in [0, 0.1) is 0 Å². The van der Waals surface area contributed by atoms with Crippen LogP contribution in [0.1, 0.15) is 25.0 Å². The topological polar surface area (TPSA) is 8.17 Å². The van der Waals surface area contributed by atoms with Gasteiger partial charge in [0.2, 0.25) is 0 Å². The third kappa shape index (κ3) is 5.79. The van der Waals surface area contributed by atoms with Gasteiger partial charge in [0.1, 0.15) is 0 Å². The molecule has 2 nitrogen and oxygen atoms in total. The molecule has 0 N–H and O–H groups in total. The lowest BCUT2D eigenvalue weighted by Crippen LogP contribution is -2.17. The summed E-state index contributed by atoms with van der Waals surface area (Å²) in [4.78, 5) is 2.46. The molecule has 0 spiro atoms. The molecule has 0 fully saturated rings. The molecule has 1 heterocycles. The summed E-state index contributed by atoms with van der Waals surface area (Å²) in [6.07, 6.45) is 0. The van der Waals surface area contributed by atoms with Crippen molar-refractivity contribution in [3.05, 3.63) is 230 Å². The van der Waals surface area contributed by atoms with Gasteiger partial charge < -0.3 is 9.47 Å². The summed E-state index contributed by atoms with van der Waals surface area (Å²) < 4.78 is 2.39. The SMILES string of the molecule is CC1(C)c2ccccc2-c2ccc(N(c3ccc(-n4c5ccccc5c5ccccc54)cc3)c3ccc(-c4ccc(-c5ccccc5)cc4)cc3-c3ccccc3)cc21. The van der Waals surface area contributed by atoms with Crippen molar-refractivity contribution in [2.45, 2.75) is 19.3 Å². The summed E-state index contributed by atoms with van der Waals surface area (Å²) in [5, 5.41) is 2.52. The van der Waals surface area contributed by atoms with Gasteiger partial charge in [0.05, 0.1) is 16.7 Å². The van der Waals surface area contributed by atoms with Crippen LogP contribution in [0.25, 0.3) is 72.0 Å². The van der Waals surface area contributed by atoms with Crippen LogP contribution in [0.15, 0.2) is 218 Å². The molecular weight excluding hydrogens is 713 g/mol. The van der Waals surface area contributed by atoms with Crippen molar-refractivity contribution in [3.63, 3.8) is 0 Å². The molecule has 0 saturated heterocycles. The highest BCUT2D eigenvalue weighted by Crippen LogP contribution is 2.51. The molecule has 1 aliphatic carbocycles. The van der Waals surface area contributed by atoms with Crippen molar-refractivity contribution >= 4 is 38.9 Å². The van der Waals surface area contributed by atoms with Crippen molar-refractivity contribution in [3.8, 4) is 50.2 Å². The van der Waals surface area contributed by atoms with Crippen molar-refractivity contribution in [1.82, 2.24) is 4.57 Å². The number of anilines is 3. The molecule has 0 saturated carbocycles. The first kappa shape index (κ1) is 34.8. The van der Waals surface area contributed by atoms with Crippen LogP contribution in [-0.4, -0.2) is 4.57 Å². The maximum atomic E-state index is 2.46. The molecule has 59 heavy (non-hydrogen) atoms. The molecule has 2 heteroatoms. The minimum Gasteiger partial charge on any atom is -0.310 e. The van der Waals surface area contributed by atoms with Crippen LogP contribution < -0.4 is 4.90 Å². The van der Waals surface area contributed by atoms with Gasteiger partial charge in [-0.15, -0.1) is 0 Å². The minimum absolute atomic E-state index is 0.133. The van der Waals surface area contributed by atoms with Crippen molar-refractivity contribution in [2.24, 2.45) is 0 Å². The van der Waals surface area contributed by atoms with Crippen LogP contribution in [-0.2, 0) is 5.41 Å². The summed E-state index contributed by atoms with van der Waals surface area (Å²) in [6, 6.07) is 79.9. The second-order valence-electron chi connectivity index (χ2n) is 16.2. The van der Waals surface area contributed by atoms with Gasteiger partial charge in [-0.1, -0.05) is 172 Å². The summed E-state index contributed by atoms with van der Waals surface area (Å²) >= 11 is 0. The number of rotatable bonds is 7. The third-order valence-corrected chi connectivity index (χ3v) is 12.4. The Morgan fingerprint density at radius 3 is 1.54 bits per heavy atom. The summed E-state index contributed by atoms with van der Waals surface area (Å²) in [7, 11) is 0. The molecular formula is C57H42N2. The molecule has 0 unspecified atom stereocenters. The van der Waals surface area contributed by atoms with E-state index in [0.717, 1.165) is 22.7 Å². The molecule has 0 atom stereocenters. The van der Waals surface area contributed by atoms with E-state index in [9.17, 15) is 0 Å². The van der Waals surface area contributed by atoms with Crippen LogP contribution in [0.4, 0.5) is 17.1 Å². The Balaban J connectivity index is 1.09. The lowest BCUT2D eigenvalue weighted by atomic mass is 9.82. The number of benzene rings is 9. The molecule has 0 amide bonds. The smallest absolute Gasteiger partial charge is 0.0541 e. The standard InChI is InChI=1S/C57H42N2/c1-57(2)52-22-12-9-19-47(52)48-35-34-46(38-53(48)57)58(44-30-32-45(33-31-44)59-54-23-13-10-20-49(54)50-21-11-14-24-55(50)59)56-36-29-43(37-51(56)42-17-7-4-8-18-42)41-27-25-40(26-28-41)39-15-5-3-6-16-39/h3-38H,1-2H3. The maximum Gasteiger partial charge on any atom is 0.0541 e. The van der Waals surface area contributed by atoms with Crippen LogP contribution in [0.2, 0.25) is 0 Å². The number of nitrogens with zero attached hydrogens (tertiary/aromatic N) is 2. The summed E-state index contributed by atoms with van der Waals surface area (Å²) in [5.41, 5.74) is 19.3. The first-order valence-electron chi connectivity index (χ1n) is 20.5. The Kier molecular flexibility index (Phi) is 8.20. The second kappa shape index (κ2) is 13.9. The van der Waals surface area contributed by atoms with Gasteiger partial charge in [0.25, 0.3) is 0 Å². The first-order valence-corrected chi connectivity index (χ1v) is 20.5. The molecule has 0 aliphatic heterocycles. The normalized spacial score (nSPS) is 12.7. The van der Waals surface area contributed by atoms with E-state index in [4.69, 9.17) is 0 Å². The van der Waals surface area contributed by atoms with Gasteiger partial charge in [-0.2, -0.15) is 0 Å². The van der Waals surface area contributed by atoms with Gasteiger partial charge in [0.15, 0.2) is 0 Å². The van der Waals surface area contributed by atoms with Gasteiger partial charge in [-0.05, 0) is 111 Å².